The molecule has 1 aromatic heterocycles. The minimum absolute atomic E-state index is 0.00854. The summed E-state index contributed by atoms with van der Waals surface area (Å²) in [6.45, 7) is 2.71. The number of oxime groups is 1. The van der Waals surface area contributed by atoms with E-state index in [2.05, 4.69) is 15.0 Å². The molecule has 4 N–H and O–H groups in total. The van der Waals surface area contributed by atoms with E-state index >= 15 is 0 Å². The molecule has 1 aliphatic heterocycles. The fraction of sp³-hybridized carbons (Fsp3) is 0.500. The van der Waals surface area contributed by atoms with Gasteiger partial charge in [-0.1, -0.05) is 5.16 Å². The van der Waals surface area contributed by atoms with E-state index < -0.39 is 0 Å². The Labute approximate surface area is 111 Å². The fourth-order valence-electron chi connectivity index (χ4n) is 2.06. The second-order valence-corrected chi connectivity index (χ2v) is 4.42. The second kappa shape index (κ2) is 6.46. The standard InChI is InChI=1S/C12H18N4O3/c13-12(15-18)11-5-9(1-2-14-11)6-16-3-4-19-8-10(16)7-17/h1-2,5,10,17-18H,3-4,6-8H2,(H2,13,15). The lowest BCUT2D eigenvalue weighted by Gasteiger charge is -2.34. The first-order chi connectivity index (χ1) is 9.24. The Kier molecular flexibility index (Phi) is 4.67. The first-order valence-corrected chi connectivity index (χ1v) is 6.10. The van der Waals surface area contributed by atoms with Gasteiger partial charge in [-0.3, -0.25) is 9.88 Å². The number of aliphatic hydroxyl groups excluding tert-OH is 1. The largest absolute Gasteiger partial charge is 0.409 e. The second-order valence-electron chi connectivity index (χ2n) is 4.42. The van der Waals surface area contributed by atoms with E-state index in [4.69, 9.17) is 15.7 Å². The van der Waals surface area contributed by atoms with Gasteiger partial charge in [0.05, 0.1) is 25.9 Å². The number of morpholine rings is 1. The number of amidine groups is 1. The summed E-state index contributed by atoms with van der Waals surface area (Å²) in [7, 11) is 0. The molecule has 0 aliphatic carbocycles. The van der Waals surface area contributed by atoms with Gasteiger partial charge in [0.25, 0.3) is 0 Å². The Balaban J connectivity index is 2.09. The average Bonchev–Trinajstić information content (AvgIpc) is 2.47. The van der Waals surface area contributed by atoms with Gasteiger partial charge in [-0.05, 0) is 17.7 Å². The summed E-state index contributed by atoms with van der Waals surface area (Å²) in [6.07, 6.45) is 1.62. The van der Waals surface area contributed by atoms with Crippen LogP contribution in [-0.2, 0) is 11.3 Å². The minimum Gasteiger partial charge on any atom is -0.409 e. The van der Waals surface area contributed by atoms with Crippen molar-refractivity contribution in [2.75, 3.05) is 26.4 Å². The van der Waals surface area contributed by atoms with E-state index in [0.717, 1.165) is 12.1 Å². The van der Waals surface area contributed by atoms with Crippen molar-refractivity contribution in [1.29, 1.82) is 0 Å². The number of rotatable bonds is 4. The quantitative estimate of drug-likeness (QED) is 0.290. The smallest absolute Gasteiger partial charge is 0.188 e. The van der Waals surface area contributed by atoms with Gasteiger partial charge in [-0.2, -0.15) is 0 Å². The van der Waals surface area contributed by atoms with Crippen molar-refractivity contribution in [1.82, 2.24) is 9.88 Å². The molecule has 19 heavy (non-hydrogen) atoms. The Morgan fingerprint density at radius 1 is 1.63 bits per heavy atom. The summed E-state index contributed by atoms with van der Waals surface area (Å²) in [6, 6.07) is 3.66. The predicted octanol–water partition coefficient (Wildman–Crippen LogP) is -0.631. The van der Waals surface area contributed by atoms with E-state index in [1.54, 1.807) is 12.3 Å². The third kappa shape index (κ3) is 3.40. The van der Waals surface area contributed by atoms with E-state index in [1.807, 2.05) is 6.07 Å². The van der Waals surface area contributed by atoms with Gasteiger partial charge in [0.1, 0.15) is 5.69 Å². The fourth-order valence-corrected chi connectivity index (χ4v) is 2.06. The molecule has 0 aromatic carbocycles. The number of ether oxygens (including phenoxy) is 1. The third-order valence-corrected chi connectivity index (χ3v) is 3.14. The summed E-state index contributed by atoms with van der Waals surface area (Å²) in [5, 5.41) is 20.9. The van der Waals surface area contributed by atoms with Gasteiger partial charge >= 0.3 is 0 Å². The lowest BCUT2D eigenvalue weighted by molar-refractivity contribution is -0.0312. The molecule has 7 heteroatoms. The highest BCUT2D eigenvalue weighted by Crippen LogP contribution is 2.12. The van der Waals surface area contributed by atoms with Crippen molar-refractivity contribution >= 4 is 5.84 Å². The SMILES string of the molecule is N/C(=N/O)c1cc(CN2CCOCC2CO)ccn1. The topological polar surface area (TPSA) is 104 Å². The number of hydrogen-bond donors (Lipinski definition) is 3. The van der Waals surface area contributed by atoms with Crippen LogP contribution in [0.15, 0.2) is 23.5 Å². The Bertz CT molecular complexity index is 452. The molecule has 1 aliphatic rings. The van der Waals surface area contributed by atoms with Crippen LogP contribution in [0.4, 0.5) is 0 Å². The van der Waals surface area contributed by atoms with Crippen LogP contribution in [-0.4, -0.2) is 58.4 Å². The highest BCUT2D eigenvalue weighted by molar-refractivity contribution is 5.95. The molecule has 7 nitrogen and oxygen atoms in total. The molecular formula is C12H18N4O3. The average molecular weight is 266 g/mol. The number of aliphatic hydroxyl groups is 1. The summed E-state index contributed by atoms with van der Waals surface area (Å²) >= 11 is 0. The van der Waals surface area contributed by atoms with Crippen LogP contribution in [0.25, 0.3) is 0 Å². The number of hydrogen-bond acceptors (Lipinski definition) is 6. The molecule has 0 radical (unpaired) electrons. The van der Waals surface area contributed by atoms with Gasteiger partial charge in [0.2, 0.25) is 0 Å². The van der Waals surface area contributed by atoms with Gasteiger partial charge in [-0.15, -0.1) is 0 Å². The maximum absolute atomic E-state index is 9.31. The maximum atomic E-state index is 9.31. The molecule has 2 heterocycles. The number of nitrogens with zero attached hydrogens (tertiary/aromatic N) is 3. The first-order valence-electron chi connectivity index (χ1n) is 6.10. The van der Waals surface area contributed by atoms with Crippen molar-refractivity contribution < 1.29 is 15.1 Å². The first kappa shape index (κ1) is 13.7. The van der Waals surface area contributed by atoms with Crippen molar-refractivity contribution in [2.24, 2.45) is 10.9 Å². The van der Waals surface area contributed by atoms with Crippen molar-refractivity contribution in [2.45, 2.75) is 12.6 Å². The molecule has 1 saturated heterocycles. The van der Waals surface area contributed by atoms with Gasteiger partial charge in [-0.25, -0.2) is 0 Å². The molecule has 104 valence electrons. The zero-order valence-electron chi connectivity index (χ0n) is 10.6. The van der Waals surface area contributed by atoms with E-state index in [9.17, 15) is 5.11 Å². The monoisotopic (exact) mass is 266 g/mol. The van der Waals surface area contributed by atoms with Crippen LogP contribution in [0.5, 0.6) is 0 Å². The molecule has 1 fully saturated rings. The summed E-state index contributed by atoms with van der Waals surface area (Å²) in [5.41, 5.74) is 6.95. The lowest BCUT2D eigenvalue weighted by atomic mass is 10.1. The third-order valence-electron chi connectivity index (χ3n) is 3.14. The Hall–Kier alpha value is -1.70. The van der Waals surface area contributed by atoms with Crippen LogP contribution in [0.1, 0.15) is 11.3 Å². The zero-order chi connectivity index (χ0) is 13.7. The van der Waals surface area contributed by atoms with E-state index in [1.165, 1.54) is 0 Å². The Morgan fingerprint density at radius 2 is 2.47 bits per heavy atom. The van der Waals surface area contributed by atoms with Crippen molar-refractivity contribution in [3.05, 3.63) is 29.6 Å². The molecule has 0 bridgehead atoms. The summed E-state index contributed by atoms with van der Waals surface area (Å²) in [4.78, 5) is 6.18. The highest BCUT2D eigenvalue weighted by atomic mass is 16.5. The van der Waals surface area contributed by atoms with Gasteiger partial charge in [0, 0.05) is 19.3 Å². The normalized spacial score (nSPS) is 21.5. The van der Waals surface area contributed by atoms with Crippen molar-refractivity contribution in [3.8, 4) is 0 Å². The number of pyridine rings is 1. The summed E-state index contributed by atoms with van der Waals surface area (Å²) < 4.78 is 5.33. The molecule has 0 spiro atoms. The molecule has 1 aromatic rings. The number of aromatic nitrogens is 1. The zero-order valence-corrected chi connectivity index (χ0v) is 10.6. The van der Waals surface area contributed by atoms with Gasteiger partial charge < -0.3 is 20.8 Å². The molecule has 1 unspecified atom stereocenters. The molecule has 1 atom stereocenters. The summed E-state index contributed by atoms with van der Waals surface area (Å²) in [5.74, 6) is -0.0115. The highest BCUT2D eigenvalue weighted by Gasteiger charge is 2.22. The number of nitrogens with two attached hydrogens (primary N) is 1. The molecule has 2 rings (SSSR count). The predicted molar refractivity (Wildman–Crippen MR) is 68.9 cm³/mol. The minimum atomic E-state index is -0.0115. The van der Waals surface area contributed by atoms with E-state index in [0.29, 0.717) is 25.5 Å². The van der Waals surface area contributed by atoms with E-state index in [-0.39, 0.29) is 18.5 Å². The van der Waals surface area contributed by atoms with Gasteiger partial charge in [0.15, 0.2) is 5.84 Å². The van der Waals surface area contributed by atoms with Crippen LogP contribution in [0.2, 0.25) is 0 Å². The maximum Gasteiger partial charge on any atom is 0.188 e. The molecule has 0 saturated carbocycles. The lowest BCUT2D eigenvalue weighted by Crippen LogP contribution is -2.46. The Morgan fingerprint density at radius 3 is 3.21 bits per heavy atom. The van der Waals surface area contributed by atoms with Crippen LogP contribution >= 0.6 is 0 Å². The van der Waals surface area contributed by atoms with Crippen LogP contribution in [0.3, 0.4) is 0 Å². The molecular weight excluding hydrogens is 248 g/mol. The van der Waals surface area contributed by atoms with Crippen LogP contribution in [0, 0.1) is 0 Å². The van der Waals surface area contributed by atoms with Crippen LogP contribution < -0.4 is 5.73 Å². The molecule has 0 amide bonds. The van der Waals surface area contributed by atoms with Crippen molar-refractivity contribution in [3.63, 3.8) is 0 Å².